The van der Waals surface area contributed by atoms with Crippen molar-refractivity contribution in [2.45, 2.75) is 51.1 Å². The standard InChI is InChI=1S/C29H37FN4O4/c1-21-9-6-7-14-25(21)27(28(36)31-23-11-4-3-5-12-23)34(24-13-8-10-22(30)19-24)26(35)20-32-15-17-33(18-16-32)29(37)38-2/h6-10,13-14,19,23,27H,3-5,11-12,15-18,20H2,1-2H3,(H,31,36). The molecule has 0 spiro atoms. The van der Waals surface area contributed by atoms with E-state index < -0.39 is 18.0 Å². The van der Waals surface area contributed by atoms with E-state index in [0.29, 0.717) is 37.4 Å². The fourth-order valence-electron chi connectivity index (χ4n) is 5.37. The minimum atomic E-state index is -0.955. The van der Waals surface area contributed by atoms with Crippen molar-refractivity contribution in [3.63, 3.8) is 0 Å². The summed E-state index contributed by atoms with van der Waals surface area (Å²) in [6.45, 7) is 3.79. The molecule has 2 aromatic rings. The first-order chi connectivity index (χ1) is 18.4. The van der Waals surface area contributed by atoms with Crippen LogP contribution in [0.4, 0.5) is 14.9 Å². The Morgan fingerprint density at radius 3 is 2.39 bits per heavy atom. The number of rotatable bonds is 7. The number of nitrogens with one attached hydrogen (secondary N) is 1. The van der Waals surface area contributed by atoms with Crippen LogP contribution in [0.25, 0.3) is 0 Å². The van der Waals surface area contributed by atoms with E-state index in [1.807, 2.05) is 36.1 Å². The van der Waals surface area contributed by atoms with Gasteiger partial charge in [-0.3, -0.25) is 19.4 Å². The molecule has 38 heavy (non-hydrogen) atoms. The van der Waals surface area contributed by atoms with Crippen molar-refractivity contribution in [2.75, 3.05) is 44.7 Å². The Morgan fingerprint density at radius 2 is 1.74 bits per heavy atom. The molecule has 1 N–H and O–H groups in total. The van der Waals surface area contributed by atoms with Crippen molar-refractivity contribution in [1.82, 2.24) is 15.1 Å². The molecule has 0 aromatic heterocycles. The summed E-state index contributed by atoms with van der Waals surface area (Å²) in [6, 6.07) is 12.4. The van der Waals surface area contributed by atoms with Crippen molar-refractivity contribution in [3.8, 4) is 0 Å². The average molecular weight is 525 g/mol. The lowest BCUT2D eigenvalue weighted by molar-refractivity contribution is -0.127. The van der Waals surface area contributed by atoms with Crippen LogP contribution in [-0.2, 0) is 14.3 Å². The Balaban J connectivity index is 1.65. The molecule has 0 radical (unpaired) electrons. The lowest BCUT2D eigenvalue weighted by Gasteiger charge is -2.37. The van der Waals surface area contributed by atoms with Gasteiger partial charge >= 0.3 is 6.09 Å². The van der Waals surface area contributed by atoms with Gasteiger partial charge in [0.15, 0.2) is 0 Å². The van der Waals surface area contributed by atoms with Crippen LogP contribution in [0.3, 0.4) is 0 Å². The number of methoxy groups -OCH3 is 1. The summed E-state index contributed by atoms with van der Waals surface area (Å²) in [5.74, 6) is -1.06. The first-order valence-corrected chi connectivity index (χ1v) is 13.4. The van der Waals surface area contributed by atoms with Crippen LogP contribution in [-0.4, -0.2) is 73.6 Å². The van der Waals surface area contributed by atoms with Gasteiger partial charge in [-0.15, -0.1) is 0 Å². The number of benzene rings is 2. The summed E-state index contributed by atoms with van der Waals surface area (Å²) in [5.41, 5.74) is 1.90. The Bertz CT molecular complexity index is 1130. The number of halogens is 1. The van der Waals surface area contributed by atoms with E-state index in [2.05, 4.69) is 5.32 Å². The van der Waals surface area contributed by atoms with Crippen LogP contribution in [0, 0.1) is 12.7 Å². The molecule has 2 fully saturated rings. The molecular weight excluding hydrogens is 487 g/mol. The van der Waals surface area contributed by atoms with E-state index >= 15 is 0 Å². The third-order valence-electron chi connectivity index (χ3n) is 7.46. The van der Waals surface area contributed by atoms with Gasteiger partial charge in [-0.2, -0.15) is 0 Å². The molecule has 1 atom stereocenters. The van der Waals surface area contributed by atoms with Crippen LogP contribution >= 0.6 is 0 Å². The van der Waals surface area contributed by atoms with Gasteiger partial charge in [0.2, 0.25) is 11.8 Å². The molecule has 1 aliphatic carbocycles. The lowest BCUT2D eigenvalue weighted by Crippen LogP contribution is -2.53. The van der Waals surface area contributed by atoms with Crippen LogP contribution in [0.1, 0.15) is 49.3 Å². The second-order valence-electron chi connectivity index (χ2n) is 10.1. The molecule has 1 aliphatic heterocycles. The monoisotopic (exact) mass is 524 g/mol. The van der Waals surface area contributed by atoms with Gasteiger partial charge < -0.3 is 15.0 Å². The average Bonchev–Trinajstić information content (AvgIpc) is 2.92. The number of nitrogens with zero attached hydrogens (tertiary/aromatic N) is 3. The number of amides is 3. The Labute approximate surface area is 223 Å². The number of hydrogen-bond donors (Lipinski definition) is 1. The lowest BCUT2D eigenvalue weighted by atomic mass is 9.93. The highest BCUT2D eigenvalue weighted by Crippen LogP contribution is 2.31. The molecule has 4 rings (SSSR count). The van der Waals surface area contributed by atoms with E-state index in [4.69, 9.17) is 4.74 Å². The number of aryl methyl sites for hydroxylation is 1. The van der Waals surface area contributed by atoms with E-state index in [1.165, 1.54) is 24.1 Å². The van der Waals surface area contributed by atoms with Gasteiger partial charge in [0.1, 0.15) is 11.9 Å². The normalized spacial score (nSPS) is 17.5. The number of carbonyl (C=O) groups excluding carboxylic acids is 3. The molecule has 1 saturated heterocycles. The highest BCUT2D eigenvalue weighted by Gasteiger charge is 2.36. The van der Waals surface area contributed by atoms with Crippen LogP contribution in [0.15, 0.2) is 48.5 Å². The quantitative estimate of drug-likeness (QED) is 0.591. The predicted molar refractivity (Wildman–Crippen MR) is 143 cm³/mol. The maximum Gasteiger partial charge on any atom is 0.409 e. The molecule has 204 valence electrons. The fraction of sp³-hybridized carbons (Fsp3) is 0.483. The zero-order chi connectivity index (χ0) is 27.1. The molecule has 0 bridgehead atoms. The fourth-order valence-corrected chi connectivity index (χ4v) is 5.37. The van der Waals surface area contributed by atoms with E-state index in [9.17, 15) is 18.8 Å². The van der Waals surface area contributed by atoms with Gasteiger partial charge in [-0.1, -0.05) is 49.6 Å². The number of carbonyl (C=O) groups is 3. The second kappa shape index (κ2) is 12.9. The Kier molecular flexibility index (Phi) is 9.33. The molecule has 2 aliphatic rings. The molecular formula is C29H37FN4O4. The van der Waals surface area contributed by atoms with Crippen LogP contribution in [0.5, 0.6) is 0 Å². The van der Waals surface area contributed by atoms with Crippen molar-refractivity contribution in [1.29, 1.82) is 0 Å². The molecule has 1 heterocycles. The number of anilines is 1. The number of ether oxygens (including phenoxy) is 1. The van der Waals surface area contributed by atoms with Gasteiger partial charge in [0.25, 0.3) is 0 Å². The van der Waals surface area contributed by atoms with E-state index in [1.54, 1.807) is 17.0 Å². The second-order valence-corrected chi connectivity index (χ2v) is 10.1. The molecule has 9 heteroatoms. The maximum atomic E-state index is 14.4. The van der Waals surface area contributed by atoms with E-state index in [-0.39, 0.29) is 24.4 Å². The molecule has 1 saturated carbocycles. The Morgan fingerprint density at radius 1 is 1.03 bits per heavy atom. The van der Waals surface area contributed by atoms with Crippen LogP contribution in [0.2, 0.25) is 0 Å². The molecule has 1 unspecified atom stereocenters. The van der Waals surface area contributed by atoms with Crippen molar-refractivity contribution < 1.29 is 23.5 Å². The number of hydrogen-bond acceptors (Lipinski definition) is 5. The highest BCUT2D eigenvalue weighted by atomic mass is 19.1. The third kappa shape index (κ3) is 6.69. The Hall–Kier alpha value is -3.46. The summed E-state index contributed by atoms with van der Waals surface area (Å²) in [7, 11) is 1.35. The minimum absolute atomic E-state index is 0.0324. The van der Waals surface area contributed by atoms with Gasteiger partial charge in [-0.25, -0.2) is 9.18 Å². The van der Waals surface area contributed by atoms with Crippen molar-refractivity contribution in [2.24, 2.45) is 0 Å². The summed E-state index contributed by atoms with van der Waals surface area (Å²) in [5, 5.41) is 3.19. The van der Waals surface area contributed by atoms with Gasteiger partial charge in [-0.05, 0) is 49.1 Å². The first-order valence-electron chi connectivity index (χ1n) is 13.4. The van der Waals surface area contributed by atoms with E-state index in [0.717, 1.165) is 37.7 Å². The predicted octanol–water partition coefficient (Wildman–Crippen LogP) is 4.04. The number of piperazine rings is 1. The molecule has 3 amide bonds. The summed E-state index contributed by atoms with van der Waals surface area (Å²) in [6.07, 6.45) is 4.70. The first kappa shape index (κ1) is 27.6. The van der Waals surface area contributed by atoms with Crippen LogP contribution < -0.4 is 10.2 Å². The molecule has 8 nitrogen and oxygen atoms in total. The van der Waals surface area contributed by atoms with Crippen molar-refractivity contribution in [3.05, 3.63) is 65.5 Å². The largest absolute Gasteiger partial charge is 0.453 e. The SMILES string of the molecule is COC(=O)N1CCN(CC(=O)N(c2cccc(F)c2)C(C(=O)NC2CCCCC2)c2ccccc2C)CC1. The summed E-state index contributed by atoms with van der Waals surface area (Å²) in [4.78, 5) is 44.8. The highest BCUT2D eigenvalue weighted by molar-refractivity contribution is 6.02. The summed E-state index contributed by atoms with van der Waals surface area (Å²) >= 11 is 0. The van der Waals surface area contributed by atoms with Crippen molar-refractivity contribution >= 4 is 23.6 Å². The van der Waals surface area contributed by atoms with Gasteiger partial charge in [0, 0.05) is 37.9 Å². The summed E-state index contributed by atoms with van der Waals surface area (Å²) < 4.78 is 19.2. The molecule has 2 aromatic carbocycles. The minimum Gasteiger partial charge on any atom is -0.453 e. The third-order valence-corrected chi connectivity index (χ3v) is 7.46. The van der Waals surface area contributed by atoms with Gasteiger partial charge in [0.05, 0.1) is 13.7 Å². The topological polar surface area (TPSA) is 82.2 Å². The maximum absolute atomic E-state index is 14.4. The smallest absolute Gasteiger partial charge is 0.409 e. The zero-order valence-electron chi connectivity index (χ0n) is 22.2. The zero-order valence-corrected chi connectivity index (χ0v) is 22.2.